The Hall–Kier alpha value is -2.13. The van der Waals surface area contributed by atoms with Crippen LogP contribution in [0.2, 0.25) is 0 Å². The lowest BCUT2D eigenvalue weighted by atomic mass is 10.1. The van der Waals surface area contributed by atoms with E-state index in [1.54, 1.807) is 24.3 Å². The van der Waals surface area contributed by atoms with Crippen LogP contribution in [0.25, 0.3) is 10.8 Å². The Morgan fingerprint density at radius 1 is 0.850 bits per heavy atom. The summed E-state index contributed by atoms with van der Waals surface area (Å²) in [5.41, 5.74) is 1.00. The summed E-state index contributed by atoms with van der Waals surface area (Å²) >= 11 is 0. The van der Waals surface area contributed by atoms with E-state index in [1.807, 2.05) is 36.4 Å². The van der Waals surface area contributed by atoms with Crippen molar-refractivity contribution in [3.05, 3.63) is 72.3 Å². The van der Waals surface area contributed by atoms with Crippen molar-refractivity contribution in [3.63, 3.8) is 0 Å². The molecule has 0 saturated heterocycles. The third-order valence-electron chi connectivity index (χ3n) is 3.22. The summed E-state index contributed by atoms with van der Waals surface area (Å²) in [5.74, 6) is 0.495. The molecule has 1 unspecified atom stereocenters. The van der Waals surface area contributed by atoms with Gasteiger partial charge in [-0.1, -0.05) is 54.6 Å². The van der Waals surface area contributed by atoms with Crippen LogP contribution in [0.5, 0.6) is 5.75 Å². The van der Waals surface area contributed by atoms with E-state index < -0.39 is 10.8 Å². The summed E-state index contributed by atoms with van der Waals surface area (Å²) in [6.45, 7) is 0. The van der Waals surface area contributed by atoms with Gasteiger partial charge in [-0.2, -0.15) is 0 Å². The van der Waals surface area contributed by atoms with Gasteiger partial charge < -0.3 is 5.11 Å². The Morgan fingerprint density at radius 3 is 2.35 bits per heavy atom. The van der Waals surface area contributed by atoms with Crippen LogP contribution in [0.4, 0.5) is 0 Å². The minimum absolute atomic E-state index is 0.0895. The fourth-order valence-electron chi connectivity index (χ4n) is 2.21. The van der Waals surface area contributed by atoms with E-state index in [9.17, 15) is 9.32 Å². The standard InChI is InChI=1S/C17H14O2S/c18-16-7-3-4-8-17(16)20(19)12-13-9-10-14-5-1-2-6-15(14)11-13/h1-11,18H,12H2. The fourth-order valence-corrected chi connectivity index (χ4v) is 3.38. The Bertz CT molecular complexity index is 781. The topological polar surface area (TPSA) is 37.3 Å². The summed E-state index contributed by atoms with van der Waals surface area (Å²) in [6, 6.07) is 20.9. The highest BCUT2D eigenvalue weighted by atomic mass is 32.2. The number of aromatic hydroxyl groups is 1. The summed E-state index contributed by atoms with van der Waals surface area (Å²) in [5, 5.41) is 12.0. The van der Waals surface area contributed by atoms with Crippen LogP contribution in [-0.2, 0) is 16.6 Å². The SMILES string of the molecule is O=S(Cc1ccc2ccccc2c1)c1ccccc1O. The second kappa shape index (κ2) is 5.47. The zero-order valence-corrected chi connectivity index (χ0v) is 11.6. The van der Waals surface area contributed by atoms with Gasteiger partial charge in [0, 0.05) is 0 Å². The van der Waals surface area contributed by atoms with Gasteiger partial charge in [-0.25, -0.2) is 0 Å². The third-order valence-corrected chi connectivity index (χ3v) is 4.65. The molecule has 1 N–H and O–H groups in total. The number of rotatable bonds is 3. The van der Waals surface area contributed by atoms with Crippen LogP contribution < -0.4 is 0 Å². The van der Waals surface area contributed by atoms with Crippen LogP contribution >= 0.6 is 0 Å². The van der Waals surface area contributed by atoms with Gasteiger partial charge >= 0.3 is 0 Å². The fraction of sp³-hybridized carbons (Fsp3) is 0.0588. The molecule has 0 saturated carbocycles. The predicted octanol–water partition coefficient (Wildman–Crippen LogP) is 3.85. The van der Waals surface area contributed by atoms with Gasteiger partial charge in [-0.05, 0) is 28.5 Å². The molecule has 0 aliphatic carbocycles. The Labute approximate surface area is 120 Å². The van der Waals surface area contributed by atoms with Crippen molar-refractivity contribution in [3.8, 4) is 5.75 Å². The number of phenols is 1. The van der Waals surface area contributed by atoms with Crippen LogP contribution in [-0.4, -0.2) is 9.32 Å². The first-order valence-corrected chi connectivity index (χ1v) is 7.70. The van der Waals surface area contributed by atoms with E-state index in [4.69, 9.17) is 0 Å². The highest BCUT2D eigenvalue weighted by molar-refractivity contribution is 7.84. The van der Waals surface area contributed by atoms with Crippen molar-refractivity contribution in [2.75, 3.05) is 0 Å². The molecular formula is C17H14O2S. The molecule has 3 aromatic rings. The van der Waals surface area contributed by atoms with Crippen molar-refractivity contribution in [2.45, 2.75) is 10.6 Å². The second-order valence-corrected chi connectivity index (χ2v) is 6.06. The van der Waals surface area contributed by atoms with E-state index >= 15 is 0 Å². The number of hydrogen-bond acceptors (Lipinski definition) is 2. The minimum Gasteiger partial charge on any atom is -0.507 e. The molecule has 0 heterocycles. The van der Waals surface area contributed by atoms with Crippen molar-refractivity contribution < 1.29 is 9.32 Å². The first-order chi connectivity index (χ1) is 9.74. The van der Waals surface area contributed by atoms with Crippen LogP contribution in [0.1, 0.15) is 5.56 Å². The second-order valence-electron chi connectivity index (χ2n) is 4.64. The highest BCUT2D eigenvalue weighted by Gasteiger charge is 2.09. The molecule has 100 valence electrons. The maximum atomic E-state index is 12.3. The molecule has 3 aromatic carbocycles. The van der Waals surface area contributed by atoms with Gasteiger partial charge in [0.1, 0.15) is 5.75 Å². The molecule has 0 amide bonds. The summed E-state index contributed by atoms with van der Waals surface area (Å²) < 4.78 is 12.3. The van der Waals surface area contributed by atoms with E-state index in [-0.39, 0.29) is 5.75 Å². The van der Waals surface area contributed by atoms with E-state index in [0.717, 1.165) is 10.9 Å². The lowest BCUT2D eigenvalue weighted by molar-refractivity contribution is 0.461. The molecule has 20 heavy (non-hydrogen) atoms. The third kappa shape index (κ3) is 2.58. The van der Waals surface area contributed by atoms with Crippen LogP contribution in [0.15, 0.2) is 71.6 Å². The highest BCUT2D eigenvalue weighted by Crippen LogP contribution is 2.23. The van der Waals surface area contributed by atoms with E-state index in [1.165, 1.54) is 5.39 Å². The number of phenolic OH excluding ortho intramolecular Hbond substituents is 1. The zero-order chi connectivity index (χ0) is 13.9. The van der Waals surface area contributed by atoms with Gasteiger partial charge in [-0.15, -0.1) is 0 Å². The molecule has 0 aliphatic heterocycles. The van der Waals surface area contributed by atoms with Gasteiger partial charge in [0.2, 0.25) is 0 Å². The maximum absolute atomic E-state index is 12.3. The van der Waals surface area contributed by atoms with Crippen molar-refractivity contribution in [2.24, 2.45) is 0 Å². The van der Waals surface area contributed by atoms with Crippen molar-refractivity contribution in [1.29, 1.82) is 0 Å². The van der Waals surface area contributed by atoms with Crippen molar-refractivity contribution >= 4 is 21.6 Å². The van der Waals surface area contributed by atoms with Gasteiger partial charge in [-0.3, -0.25) is 4.21 Å². The maximum Gasteiger partial charge on any atom is 0.131 e. The first-order valence-electron chi connectivity index (χ1n) is 6.38. The first kappa shape index (κ1) is 12.9. The largest absolute Gasteiger partial charge is 0.507 e. The number of para-hydroxylation sites is 1. The van der Waals surface area contributed by atoms with Gasteiger partial charge in [0.05, 0.1) is 21.4 Å². The summed E-state index contributed by atoms with van der Waals surface area (Å²) in [6.07, 6.45) is 0. The molecule has 1 atom stereocenters. The zero-order valence-electron chi connectivity index (χ0n) is 10.8. The smallest absolute Gasteiger partial charge is 0.131 e. The molecule has 2 nitrogen and oxygen atoms in total. The molecule has 0 spiro atoms. The Morgan fingerprint density at radius 2 is 1.55 bits per heavy atom. The molecule has 0 fully saturated rings. The molecular weight excluding hydrogens is 268 g/mol. The average Bonchev–Trinajstić information content (AvgIpc) is 2.47. The minimum atomic E-state index is -1.24. The molecule has 0 aromatic heterocycles. The van der Waals surface area contributed by atoms with Gasteiger partial charge in [0.25, 0.3) is 0 Å². The quantitative estimate of drug-likeness (QED) is 0.792. The van der Waals surface area contributed by atoms with Crippen LogP contribution in [0.3, 0.4) is 0 Å². The lowest BCUT2D eigenvalue weighted by Gasteiger charge is -2.06. The molecule has 3 rings (SSSR count). The van der Waals surface area contributed by atoms with Crippen molar-refractivity contribution in [1.82, 2.24) is 0 Å². The average molecular weight is 282 g/mol. The molecule has 0 bridgehead atoms. The predicted molar refractivity (Wildman–Crippen MR) is 82.2 cm³/mol. The lowest BCUT2D eigenvalue weighted by Crippen LogP contribution is -1.96. The molecule has 0 radical (unpaired) electrons. The monoisotopic (exact) mass is 282 g/mol. The number of benzene rings is 3. The summed E-state index contributed by atoms with van der Waals surface area (Å²) in [7, 11) is -1.24. The van der Waals surface area contributed by atoms with E-state index in [2.05, 4.69) is 6.07 Å². The Balaban J connectivity index is 1.89. The number of hydrogen-bond donors (Lipinski definition) is 1. The summed E-state index contributed by atoms with van der Waals surface area (Å²) in [4.78, 5) is 0.487. The van der Waals surface area contributed by atoms with E-state index in [0.29, 0.717) is 10.6 Å². The van der Waals surface area contributed by atoms with Crippen LogP contribution in [0, 0.1) is 0 Å². The normalized spacial score (nSPS) is 12.4. The Kier molecular flexibility index (Phi) is 3.52. The number of fused-ring (bicyclic) bond motifs is 1. The van der Waals surface area contributed by atoms with Gasteiger partial charge in [0.15, 0.2) is 0 Å². The molecule has 3 heteroatoms. The molecule has 0 aliphatic rings.